The first-order valence-corrected chi connectivity index (χ1v) is 12.0. The van der Waals surface area contributed by atoms with Gasteiger partial charge in [0.05, 0.1) is 16.0 Å². The van der Waals surface area contributed by atoms with E-state index in [1.54, 1.807) is 51.1 Å². The van der Waals surface area contributed by atoms with Crippen LogP contribution in [0.5, 0.6) is 5.75 Å². The van der Waals surface area contributed by atoms with E-state index in [-0.39, 0.29) is 10.8 Å². The maximum absolute atomic E-state index is 12.5. The van der Waals surface area contributed by atoms with E-state index < -0.39 is 15.6 Å². The second kappa shape index (κ2) is 9.94. The zero-order valence-corrected chi connectivity index (χ0v) is 20.4. The summed E-state index contributed by atoms with van der Waals surface area (Å²) in [6.07, 6.45) is 0.950. The average Bonchev–Trinajstić information content (AvgIpc) is 2.61. The molecule has 2 aromatic rings. The van der Waals surface area contributed by atoms with Crippen LogP contribution in [0.4, 0.5) is 5.69 Å². The Morgan fingerprint density at radius 3 is 2.27 bits per heavy atom. The highest BCUT2D eigenvalue weighted by molar-refractivity contribution is 9.10. The van der Waals surface area contributed by atoms with Gasteiger partial charge in [0.25, 0.3) is 5.91 Å². The van der Waals surface area contributed by atoms with E-state index in [1.807, 2.05) is 0 Å². The van der Waals surface area contributed by atoms with E-state index in [4.69, 9.17) is 4.74 Å². The number of hydrogen-bond donors (Lipinski definition) is 2. The van der Waals surface area contributed by atoms with Crippen LogP contribution < -0.4 is 14.8 Å². The highest BCUT2D eigenvalue weighted by Crippen LogP contribution is 2.27. The lowest BCUT2D eigenvalue weighted by atomic mass is 10.1. The summed E-state index contributed by atoms with van der Waals surface area (Å²) >= 11 is 3.44. The van der Waals surface area contributed by atoms with Gasteiger partial charge in [-0.2, -0.15) is 0 Å². The topological polar surface area (TPSA) is 84.5 Å². The normalized spacial score (nSPS) is 12.1. The number of nitrogens with one attached hydrogen (secondary N) is 2. The predicted molar refractivity (Wildman–Crippen MR) is 124 cm³/mol. The first kappa shape index (κ1) is 24.4. The summed E-state index contributed by atoms with van der Waals surface area (Å²) < 4.78 is 33.8. The Hall–Kier alpha value is -1.90. The average molecular weight is 497 g/mol. The van der Waals surface area contributed by atoms with Gasteiger partial charge in [0.2, 0.25) is 10.0 Å². The summed E-state index contributed by atoms with van der Waals surface area (Å²) in [5.74, 6) is 0.945. The van der Waals surface area contributed by atoms with Gasteiger partial charge >= 0.3 is 0 Å². The first-order valence-electron chi connectivity index (χ1n) is 9.75. The first-order chi connectivity index (χ1) is 13.9. The molecule has 2 aromatic carbocycles. The van der Waals surface area contributed by atoms with Crippen LogP contribution in [0.1, 0.15) is 51.4 Å². The van der Waals surface area contributed by atoms with Crippen molar-refractivity contribution in [3.63, 3.8) is 0 Å². The van der Waals surface area contributed by atoms with E-state index in [0.717, 1.165) is 6.42 Å². The predicted octanol–water partition coefficient (Wildman–Crippen LogP) is 5.20. The van der Waals surface area contributed by atoms with E-state index in [2.05, 4.69) is 39.8 Å². The lowest BCUT2D eigenvalue weighted by molar-refractivity contribution is 0.102. The summed E-state index contributed by atoms with van der Waals surface area (Å²) in [7, 11) is -3.62. The van der Waals surface area contributed by atoms with Gasteiger partial charge in [-0.1, -0.05) is 13.8 Å². The van der Waals surface area contributed by atoms with E-state index in [1.165, 1.54) is 12.1 Å². The third-order valence-electron chi connectivity index (χ3n) is 4.01. The molecule has 0 bridgehead atoms. The van der Waals surface area contributed by atoms with Crippen LogP contribution in [0.2, 0.25) is 0 Å². The van der Waals surface area contributed by atoms with Crippen molar-refractivity contribution < 1.29 is 17.9 Å². The molecule has 0 aliphatic rings. The van der Waals surface area contributed by atoms with Crippen LogP contribution in [0.3, 0.4) is 0 Å². The Bertz CT molecular complexity index is 981. The number of carbonyl (C=O) groups excluding carboxylic acids is 1. The number of anilines is 1. The van der Waals surface area contributed by atoms with Crippen molar-refractivity contribution >= 4 is 37.5 Å². The number of sulfonamides is 1. The third kappa shape index (κ3) is 7.41. The fourth-order valence-electron chi connectivity index (χ4n) is 2.55. The van der Waals surface area contributed by atoms with Gasteiger partial charge in [-0.05, 0) is 91.5 Å². The standard InChI is InChI=1S/C22H29BrN2O4S/c1-15(2)12-13-29-20-11-6-16(14-19(20)23)21(26)24-17-7-9-18(10-8-17)30(27,28)25-22(3,4)5/h6-11,14-15,25H,12-13H2,1-5H3,(H,24,26). The van der Waals surface area contributed by atoms with Gasteiger partial charge in [-0.25, -0.2) is 13.1 Å². The lowest BCUT2D eigenvalue weighted by Gasteiger charge is -2.20. The molecule has 0 atom stereocenters. The number of amides is 1. The summed E-state index contributed by atoms with van der Waals surface area (Å²) in [5.41, 5.74) is 0.385. The molecule has 164 valence electrons. The van der Waals surface area contributed by atoms with Crippen molar-refractivity contribution in [2.75, 3.05) is 11.9 Å². The van der Waals surface area contributed by atoms with Crippen LogP contribution in [0.25, 0.3) is 0 Å². The van der Waals surface area contributed by atoms with E-state index in [9.17, 15) is 13.2 Å². The van der Waals surface area contributed by atoms with Gasteiger partial charge in [-0.3, -0.25) is 4.79 Å². The second-order valence-corrected chi connectivity index (χ2v) is 11.0. The van der Waals surface area contributed by atoms with Crippen molar-refractivity contribution in [3.05, 3.63) is 52.5 Å². The lowest BCUT2D eigenvalue weighted by Crippen LogP contribution is -2.40. The number of hydrogen-bond acceptors (Lipinski definition) is 4. The molecule has 0 saturated heterocycles. The second-order valence-electron chi connectivity index (χ2n) is 8.51. The quantitative estimate of drug-likeness (QED) is 0.525. The molecule has 8 heteroatoms. The molecule has 2 rings (SSSR count). The zero-order valence-electron chi connectivity index (χ0n) is 18.0. The number of halogens is 1. The van der Waals surface area contributed by atoms with Crippen LogP contribution >= 0.6 is 15.9 Å². The molecular formula is C22H29BrN2O4S. The molecule has 0 saturated carbocycles. The van der Waals surface area contributed by atoms with E-state index in [0.29, 0.717) is 34.0 Å². The Morgan fingerprint density at radius 2 is 1.73 bits per heavy atom. The fraction of sp³-hybridized carbons (Fsp3) is 0.409. The van der Waals surface area contributed by atoms with Crippen molar-refractivity contribution in [1.29, 1.82) is 0 Å². The molecule has 0 radical (unpaired) electrons. The summed E-state index contributed by atoms with van der Waals surface area (Å²) in [4.78, 5) is 12.7. The van der Waals surface area contributed by atoms with Gasteiger partial charge in [0, 0.05) is 16.8 Å². The molecular weight excluding hydrogens is 468 g/mol. The SMILES string of the molecule is CC(C)CCOc1ccc(C(=O)Nc2ccc(S(=O)(=O)NC(C)(C)C)cc2)cc1Br. The number of benzene rings is 2. The van der Waals surface area contributed by atoms with Crippen LogP contribution in [0, 0.1) is 5.92 Å². The molecule has 0 aliphatic heterocycles. The summed E-state index contributed by atoms with van der Waals surface area (Å²) in [6, 6.07) is 11.2. The molecule has 0 fully saturated rings. The van der Waals surface area contributed by atoms with Crippen molar-refractivity contribution in [2.45, 2.75) is 51.5 Å². The maximum Gasteiger partial charge on any atom is 0.255 e. The van der Waals surface area contributed by atoms with E-state index >= 15 is 0 Å². The molecule has 0 unspecified atom stereocenters. The van der Waals surface area contributed by atoms with Gasteiger partial charge in [0.1, 0.15) is 5.75 Å². The Kier molecular flexibility index (Phi) is 8.07. The minimum atomic E-state index is -3.62. The number of carbonyl (C=O) groups is 1. The Balaban J connectivity index is 2.05. The molecule has 1 amide bonds. The van der Waals surface area contributed by atoms with Crippen LogP contribution in [0.15, 0.2) is 51.8 Å². The highest BCUT2D eigenvalue weighted by atomic mass is 79.9. The molecule has 0 heterocycles. The molecule has 30 heavy (non-hydrogen) atoms. The molecule has 0 aliphatic carbocycles. The van der Waals surface area contributed by atoms with Crippen molar-refractivity contribution in [3.8, 4) is 5.75 Å². The Labute approximate surface area is 187 Å². The van der Waals surface area contributed by atoms with Gasteiger partial charge in [0.15, 0.2) is 0 Å². The minimum Gasteiger partial charge on any atom is -0.492 e. The number of ether oxygens (including phenoxy) is 1. The summed E-state index contributed by atoms with van der Waals surface area (Å²) in [5, 5.41) is 2.77. The minimum absolute atomic E-state index is 0.140. The third-order valence-corrected chi connectivity index (χ3v) is 6.40. The molecule has 0 spiro atoms. The monoisotopic (exact) mass is 496 g/mol. The fourth-order valence-corrected chi connectivity index (χ4v) is 4.46. The zero-order chi connectivity index (χ0) is 22.5. The summed E-state index contributed by atoms with van der Waals surface area (Å²) in [6.45, 7) is 10.2. The highest BCUT2D eigenvalue weighted by Gasteiger charge is 2.21. The van der Waals surface area contributed by atoms with Gasteiger partial charge < -0.3 is 10.1 Å². The number of rotatable bonds is 8. The molecule has 0 aromatic heterocycles. The van der Waals surface area contributed by atoms with Crippen LogP contribution in [-0.4, -0.2) is 26.5 Å². The van der Waals surface area contributed by atoms with Crippen molar-refractivity contribution in [2.24, 2.45) is 5.92 Å². The maximum atomic E-state index is 12.5. The smallest absolute Gasteiger partial charge is 0.255 e. The van der Waals surface area contributed by atoms with Crippen molar-refractivity contribution in [1.82, 2.24) is 4.72 Å². The largest absolute Gasteiger partial charge is 0.492 e. The Morgan fingerprint density at radius 1 is 1.10 bits per heavy atom. The van der Waals surface area contributed by atoms with Crippen LogP contribution in [-0.2, 0) is 10.0 Å². The molecule has 6 nitrogen and oxygen atoms in total. The van der Waals surface area contributed by atoms with Gasteiger partial charge in [-0.15, -0.1) is 0 Å². The molecule has 2 N–H and O–H groups in total.